The molecule has 2 atom stereocenters. The normalized spacial score (nSPS) is 20.8. The lowest BCUT2D eigenvalue weighted by Gasteiger charge is -2.38. The van der Waals surface area contributed by atoms with Gasteiger partial charge in [0.25, 0.3) is 5.91 Å². The monoisotopic (exact) mass is 389 g/mol. The SMILES string of the molecule is C[C@@H]1CCC[C@H](C)N1C(=O)COC(=O)CSc1cc(Cl)ccc1Cl. The fourth-order valence-electron chi connectivity index (χ4n) is 2.90. The Morgan fingerprint density at radius 2 is 1.92 bits per heavy atom. The number of ether oxygens (including phenoxy) is 1. The zero-order valence-corrected chi connectivity index (χ0v) is 16.1. The van der Waals surface area contributed by atoms with E-state index in [4.69, 9.17) is 27.9 Å². The number of hydrogen-bond donors (Lipinski definition) is 0. The van der Waals surface area contributed by atoms with E-state index in [9.17, 15) is 9.59 Å². The summed E-state index contributed by atoms with van der Waals surface area (Å²) >= 11 is 13.2. The van der Waals surface area contributed by atoms with E-state index in [0.717, 1.165) is 19.3 Å². The van der Waals surface area contributed by atoms with Crippen molar-refractivity contribution in [3.05, 3.63) is 28.2 Å². The molecular weight excluding hydrogens is 369 g/mol. The first-order chi connectivity index (χ1) is 11.4. The van der Waals surface area contributed by atoms with Crippen molar-refractivity contribution in [1.29, 1.82) is 0 Å². The minimum Gasteiger partial charge on any atom is -0.455 e. The van der Waals surface area contributed by atoms with Crippen molar-refractivity contribution in [2.24, 2.45) is 0 Å². The second kappa shape index (κ2) is 8.97. The maximum Gasteiger partial charge on any atom is 0.316 e. The molecule has 0 saturated carbocycles. The number of carbonyl (C=O) groups is 2. The molecule has 2 rings (SSSR count). The molecule has 0 N–H and O–H groups in total. The highest BCUT2D eigenvalue weighted by Gasteiger charge is 2.29. The zero-order valence-electron chi connectivity index (χ0n) is 13.8. The molecule has 0 radical (unpaired) electrons. The first-order valence-electron chi connectivity index (χ1n) is 7.93. The molecule has 0 bridgehead atoms. The Morgan fingerprint density at radius 1 is 1.25 bits per heavy atom. The smallest absolute Gasteiger partial charge is 0.316 e. The summed E-state index contributed by atoms with van der Waals surface area (Å²) in [5.74, 6) is -0.492. The van der Waals surface area contributed by atoms with Gasteiger partial charge in [0.05, 0.1) is 10.8 Å². The maximum atomic E-state index is 12.3. The van der Waals surface area contributed by atoms with E-state index in [0.29, 0.717) is 14.9 Å². The molecular formula is C17H21Cl2NO3S. The van der Waals surface area contributed by atoms with E-state index < -0.39 is 5.97 Å². The van der Waals surface area contributed by atoms with Crippen molar-refractivity contribution in [3.8, 4) is 0 Å². The Balaban J connectivity index is 1.80. The van der Waals surface area contributed by atoms with E-state index in [2.05, 4.69) is 0 Å². The van der Waals surface area contributed by atoms with Gasteiger partial charge in [-0.25, -0.2) is 0 Å². The van der Waals surface area contributed by atoms with Crippen molar-refractivity contribution in [2.45, 2.75) is 50.1 Å². The van der Waals surface area contributed by atoms with Gasteiger partial charge in [-0.15, -0.1) is 11.8 Å². The third-order valence-electron chi connectivity index (χ3n) is 4.08. The minimum absolute atomic E-state index is 0.0818. The van der Waals surface area contributed by atoms with Crippen molar-refractivity contribution in [1.82, 2.24) is 4.90 Å². The van der Waals surface area contributed by atoms with Crippen molar-refractivity contribution >= 4 is 46.8 Å². The molecule has 24 heavy (non-hydrogen) atoms. The van der Waals surface area contributed by atoms with Crippen LogP contribution in [0.1, 0.15) is 33.1 Å². The van der Waals surface area contributed by atoms with Crippen LogP contribution in [-0.4, -0.2) is 41.2 Å². The summed E-state index contributed by atoms with van der Waals surface area (Å²) in [6.45, 7) is 3.86. The average Bonchev–Trinajstić information content (AvgIpc) is 2.53. The first-order valence-corrected chi connectivity index (χ1v) is 9.67. The van der Waals surface area contributed by atoms with Crippen LogP contribution in [0.25, 0.3) is 0 Å². The highest BCUT2D eigenvalue weighted by atomic mass is 35.5. The van der Waals surface area contributed by atoms with Gasteiger partial charge in [0.1, 0.15) is 0 Å². The summed E-state index contributed by atoms with van der Waals surface area (Å²) < 4.78 is 5.12. The minimum atomic E-state index is -0.443. The van der Waals surface area contributed by atoms with Crippen LogP contribution in [0, 0.1) is 0 Å². The van der Waals surface area contributed by atoms with Crippen LogP contribution < -0.4 is 0 Å². The van der Waals surface area contributed by atoms with Gasteiger partial charge in [0.2, 0.25) is 0 Å². The summed E-state index contributed by atoms with van der Waals surface area (Å²) in [6, 6.07) is 5.45. The molecule has 1 saturated heterocycles. The summed E-state index contributed by atoms with van der Waals surface area (Å²) in [7, 11) is 0. The lowest BCUT2D eigenvalue weighted by atomic mass is 9.97. The topological polar surface area (TPSA) is 46.6 Å². The predicted octanol–water partition coefficient (Wildman–Crippen LogP) is 4.42. The number of benzene rings is 1. The third-order valence-corrected chi connectivity index (χ3v) is 5.78. The highest BCUT2D eigenvalue weighted by molar-refractivity contribution is 8.00. The molecule has 4 nitrogen and oxygen atoms in total. The van der Waals surface area contributed by atoms with Crippen LogP contribution in [-0.2, 0) is 14.3 Å². The van der Waals surface area contributed by atoms with Crippen LogP contribution in [0.2, 0.25) is 10.0 Å². The lowest BCUT2D eigenvalue weighted by molar-refractivity contribution is -0.153. The second-order valence-corrected chi connectivity index (χ2v) is 7.81. The third kappa shape index (κ3) is 5.30. The Labute approximate surface area is 156 Å². The number of thioether (sulfide) groups is 1. The summed E-state index contributed by atoms with van der Waals surface area (Å²) in [5.41, 5.74) is 0. The van der Waals surface area contributed by atoms with Crippen molar-refractivity contribution < 1.29 is 14.3 Å². The summed E-state index contributed by atoms with van der Waals surface area (Å²) in [6.07, 6.45) is 3.11. The number of rotatable bonds is 5. The standard InChI is InChI=1S/C17H21Cl2NO3S/c1-11-4-3-5-12(2)20(11)16(21)9-23-17(22)10-24-15-8-13(18)6-7-14(15)19/h6-8,11-12H,3-5,9-10H2,1-2H3/t11-,12+. The van der Waals surface area contributed by atoms with Gasteiger partial charge < -0.3 is 9.64 Å². The lowest BCUT2D eigenvalue weighted by Crippen LogP contribution is -2.49. The Bertz CT molecular complexity index is 601. The summed E-state index contributed by atoms with van der Waals surface area (Å²) in [5, 5.41) is 1.09. The van der Waals surface area contributed by atoms with Crippen molar-refractivity contribution in [3.63, 3.8) is 0 Å². The van der Waals surface area contributed by atoms with Gasteiger partial charge in [-0.1, -0.05) is 23.2 Å². The Kier molecular flexibility index (Phi) is 7.26. The molecule has 1 amide bonds. The summed E-state index contributed by atoms with van der Waals surface area (Å²) in [4.78, 5) is 26.7. The molecule has 132 valence electrons. The van der Waals surface area contributed by atoms with Crippen LogP contribution >= 0.6 is 35.0 Å². The molecule has 7 heteroatoms. The molecule has 1 aliphatic heterocycles. The van der Waals surface area contributed by atoms with Crippen LogP contribution in [0.3, 0.4) is 0 Å². The molecule has 1 heterocycles. The predicted molar refractivity (Wildman–Crippen MR) is 97.8 cm³/mol. The molecule has 0 unspecified atom stereocenters. The average molecular weight is 390 g/mol. The van der Waals surface area contributed by atoms with Gasteiger partial charge in [0.15, 0.2) is 6.61 Å². The van der Waals surface area contributed by atoms with Crippen LogP contribution in [0.5, 0.6) is 0 Å². The zero-order chi connectivity index (χ0) is 17.7. The van der Waals surface area contributed by atoms with E-state index >= 15 is 0 Å². The van der Waals surface area contributed by atoms with E-state index in [1.54, 1.807) is 18.2 Å². The van der Waals surface area contributed by atoms with Crippen LogP contribution in [0.4, 0.5) is 0 Å². The maximum absolute atomic E-state index is 12.3. The molecule has 1 fully saturated rings. The number of nitrogens with zero attached hydrogens (tertiary/aromatic N) is 1. The fraction of sp³-hybridized carbons (Fsp3) is 0.529. The molecule has 0 aromatic heterocycles. The van der Waals surface area contributed by atoms with E-state index in [1.807, 2.05) is 18.7 Å². The molecule has 1 aliphatic rings. The molecule has 0 spiro atoms. The molecule has 1 aromatic carbocycles. The largest absolute Gasteiger partial charge is 0.455 e. The van der Waals surface area contributed by atoms with Gasteiger partial charge in [0, 0.05) is 22.0 Å². The van der Waals surface area contributed by atoms with Gasteiger partial charge in [-0.2, -0.15) is 0 Å². The number of amides is 1. The van der Waals surface area contributed by atoms with Gasteiger partial charge in [-0.3, -0.25) is 9.59 Å². The number of carbonyl (C=O) groups excluding carboxylic acids is 2. The second-order valence-electron chi connectivity index (χ2n) is 5.95. The number of esters is 1. The Hall–Kier alpha value is -0.910. The fourth-order valence-corrected chi connectivity index (χ4v) is 4.19. The number of hydrogen-bond acceptors (Lipinski definition) is 4. The number of piperidine rings is 1. The molecule has 1 aromatic rings. The van der Waals surface area contributed by atoms with Gasteiger partial charge >= 0.3 is 5.97 Å². The van der Waals surface area contributed by atoms with Crippen molar-refractivity contribution in [2.75, 3.05) is 12.4 Å². The number of halogens is 2. The Morgan fingerprint density at radius 3 is 2.58 bits per heavy atom. The number of likely N-dealkylation sites (tertiary alicyclic amines) is 1. The molecule has 0 aliphatic carbocycles. The first kappa shape index (κ1) is 19.4. The van der Waals surface area contributed by atoms with Crippen LogP contribution in [0.15, 0.2) is 23.1 Å². The van der Waals surface area contributed by atoms with E-state index in [1.165, 1.54) is 11.8 Å². The highest BCUT2D eigenvalue weighted by Crippen LogP contribution is 2.30. The quantitative estimate of drug-likeness (QED) is 0.552. The van der Waals surface area contributed by atoms with E-state index in [-0.39, 0.29) is 30.4 Å². The van der Waals surface area contributed by atoms with Gasteiger partial charge in [-0.05, 0) is 51.3 Å².